The number of nitrogens with zero attached hydrogens (tertiary/aromatic N) is 1. The number of fused-ring (bicyclic) bond motifs is 3. The minimum atomic E-state index is -0.136. The van der Waals surface area contributed by atoms with Crippen molar-refractivity contribution in [2.75, 3.05) is 18.4 Å². The molecule has 2 saturated heterocycles. The van der Waals surface area contributed by atoms with E-state index in [4.69, 9.17) is 0 Å². The Kier molecular flexibility index (Phi) is 5.95. The number of hydrogen-bond donors (Lipinski definition) is 2. The summed E-state index contributed by atoms with van der Waals surface area (Å²) in [6.45, 7) is 1.53. The number of aryl methyl sites for hydroxylation is 2. The molecule has 2 amide bonds. The van der Waals surface area contributed by atoms with Crippen molar-refractivity contribution in [3.8, 4) is 0 Å². The van der Waals surface area contributed by atoms with Crippen molar-refractivity contribution in [2.24, 2.45) is 0 Å². The van der Waals surface area contributed by atoms with Gasteiger partial charge in [0.05, 0.1) is 5.56 Å². The first-order valence-corrected chi connectivity index (χ1v) is 11.1. The lowest BCUT2D eigenvalue weighted by Gasteiger charge is -2.24. The zero-order valence-electron chi connectivity index (χ0n) is 16.3. The molecule has 7 heteroatoms. The van der Waals surface area contributed by atoms with E-state index in [9.17, 15) is 9.59 Å². The topological polar surface area (TPSA) is 61.4 Å². The van der Waals surface area contributed by atoms with Crippen LogP contribution < -0.4 is 10.6 Å². The van der Waals surface area contributed by atoms with Gasteiger partial charge in [-0.15, -0.1) is 23.7 Å². The number of thiophene rings is 1. The molecule has 2 aromatic rings. The maximum atomic E-state index is 13.1. The van der Waals surface area contributed by atoms with Gasteiger partial charge in [0, 0.05) is 30.7 Å². The van der Waals surface area contributed by atoms with E-state index in [2.05, 4.69) is 16.7 Å². The molecule has 1 aromatic carbocycles. The molecule has 2 fully saturated rings. The first-order valence-electron chi connectivity index (χ1n) is 10.2. The Balaban J connectivity index is 0.00000205. The minimum absolute atomic E-state index is 0. The van der Waals surface area contributed by atoms with Gasteiger partial charge < -0.3 is 15.5 Å². The minimum Gasteiger partial charge on any atom is -0.337 e. The lowest BCUT2D eigenvalue weighted by Crippen LogP contribution is -2.39. The molecule has 2 bridgehead atoms. The summed E-state index contributed by atoms with van der Waals surface area (Å²) in [5.41, 5.74) is 3.91. The van der Waals surface area contributed by atoms with E-state index in [0.29, 0.717) is 28.2 Å². The van der Waals surface area contributed by atoms with Crippen LogP contribution in [0.4, 0.5) is 5.00 Å². The standard InChI is InChI=1S/C22H25N3O2S.ClH/c26-20(16-5-4-14-2-1-3-15(14)12-16)24-21-19(9-11-28-21)22(27)25-10-8-17-6-7-18(13-25)23-17;/h4-5,9,11-12,17-18,23H,1-3,6-8,10,13H2,(H,24,26);1H. The lowest BCUT2D eigenvalue weighted by atomic mass is 10.1. The van der Waals surface area contributed by atoms with E-state index in [-0.39, 0.29) is 24.2 Å². The molecule has 5 nitrogen and oxygen atoms in total. The fourth-order valence-corrected chi connectivity index (χ4v) is 5.53. The maximum Gasteiger partial charge on any atom is 0.256 e. The van der Waals surface area contributed by atoms with Gasteiger partial charge in [0.2, 0.25) is 0 Å². The van der Waals surface area contributed by atoms with Crippen LogP contribution in [0.5, 0.6) is 0 Å². The van der Waals surface area contributed by atoms with Gasteiger partial charge in [0.1, 0.15) is 5.00 Å². The molecule has 0 saturated carbocycles. The third-order valence-electron chi connectivity index (χ3n) is 6.29. The number of hydrogen-bond acceptors (Lipinski definition) is 4. The summed E-state index contributed by atoms with van der Waals surface area (Å²) in [7, 11) is 0. The zero-order valence-corrected chi connectivity index (χ0v) is 17.9. The Bertz CT molecular complexity index is 929. The summed E-state index contributed by atoms with van der Waals surface area (Å²) in [6, 6.07) is 8.75. The van der Waals surface area contributed by atoms with Gasteiger partial charge in [-0.25, -0.2) is 0 Å². The summed E-state index contributed by atoms with van der Waals surface area (Å²) >= 11 is 1.42. The van der Waals surface area contributed by atoms with E-state index < -0.39 is 0 Å². The monoisotopic (exact) mass is 431 g/mol. The Morgan fingerprint density at radius 2 is 1.90 bits per heavy atom. The maximum absolute atomic E-state index is 13.1. The quantitative estimate of drug-likeness (QED) is 0.775. The van der Waals surface area contributed by atoms with Gasteiger partial charge in [0.15, 0.2) is 0 Å². The molecule has 2 aliphatic heterocycles. The van der Waals surface area contributed by atoms with Crippen molar-refractivity contribution >= 4 is 40.6 Å². The number of carbonyl (C=O) groups excluding carboxylic acids is 2. The Labute approximate surface area is 181 Å². The molecule has 2 atom stereocenters. The number of rotatable bonds is 3. The smallest absolute Gasteiger partial charge is 0.256 e. The van der Waals surface area contributed by atoms with E-state index in [1.54, 1.807) is 0 Å². The van der Waals surface area contributed by atoms with Crippen LogP contribution in [0.2, 0.25) is 0 Å². The highest BCUT2D eigenvalue weighted by Crippen LogP contribution is 2.29. The third kappa shape index (κ3) is 4.06. The molecule has 29 heavy (non-hydrogen) atoms. The van der Waals surface area contributed by atoms with Gasteiger partial charge in [-0.05, 0) is 73.2 Å². The number of benzene rings is 1. The van der Waals surface area contributed by atoms with Gasteiger partial charge in [0.25, 0.3) is 11.8 Å². The second-order valence-corrected chi connectivity index (χ2v) is 9.05. The normalized spacial score (nSPS) is 22.6. The van der Waals surface area contributed by atoms with Gasteiger partial charge in [-0.1, -0.05) is 6.07 Å². The Hall–Kier alpha value is -1.89. The van der Waals surface area contributed by atoms with Crippen molar-refractivity contribution in [2.45, 2.75) is 50.6 Å². The first-order chi connectivity index (χ1) is 13.7. The van der Waals surface area contributed by atoms with Crippen LogP contribution in [0.25, 0.3) is 0 Å². The van der Waals surface area contributed by atoms with Crippen LogP contribution in [0.3, 0.4) is 0 Å². The highest BCUT2D eigenvalue weighted by molar-refractivity contribution is 7.14. The van der Waals surface area contributed by atoms with Gasteiger partial charge in [-0.2, -0.15) is 0 Å². The predicted molar refractivity (Wildman–Crippen MR) is 118 cm³/mol. The molecule has 5 rings (SSSR count). The fourth-order valence-electron chi connectivity index (χ4n) is 4.76. The molecule has 1 aliphatic carbocycles. The summed E-state index contributed by atoms with van der Waals surface area (Å²) < 4.78 is 0. The van der Waals surface area contributed by atoms with Crippen molar-refractivity contribution in [3.05, 3.63) is 51.9 Å². The molecule has 3 aliphatic rings. The molecule has 0 spiro atoms. The second kappa shape index (κ2) is 8.46. The SMILES string of the molecule is Cl.O=C(Nc1sccc1C(=O)N1CCC2CCC(C1)N2)c1ccc2c(c1)CCC2. The molecule has 3 heterocycles. The lowest BCUT2D eigenvalue weighted by molar-refractivity contribution is 0.0749. The number of carbonyl (C=O) groups is 2. The van der Waals surface area contributed by atoms with E-state index in [1.807, 2.05) is 28.5 Å². The first kappa shape index (κ1) is 20.4. The predicted octanol–water partition coefficient (Wildman–Crippen LogP) is 3.88. The molecule has 0 radical (unpaired) electrons. The average Bonchev–Trinajstić information content (AvgIpc) is 3.40. The number of nitrogens with one attached hydrogen (secondary N) is 2. The molecular weight excluding hydrogens is 406 g/mol. The number of anilines is 1. The van der Waals surface area contributed by atoms with E-state index >= 15 is 0 Å². The van der Waals surface area contributed by atoms with Gasteiger partial charge in [-0.3, -0.25) is 9.59 Å². The van der Waals surface area contributed by atoms with Crippen molar-refractivity contribution in [1.82, 2.24) is 10.2 Å². The van der Waals surface area contributed by atoms with E-state index in [1.165, 1.54) is 28.9 Å². The van der Waals surface area contributed by atoms with Gasteiger partial charge >= 0.3 is 0 Å². The van der Waals surface area contributed by atoms with Crippen LogP contribution in [0.1, 0.15) is 57.5 Å². The highest BCUT2D eigenvalue weighted by Gasteiger charge is 2.32. The van der Waals surface area contributed by atoms with Crippen molar-refractivity contribution in [3.63, 3.8) is 0 Å². The van der Waals surface area contributed by atoms with Crippen LogP contribution in [-0.4, -0.2) is 41.9 Å². The zero-order chi connectivity index (χ0) is 19.1. The number of likely N-dealkylation sites (tertiary alicyclic amines) is 1. The molecule has 2 N–H and O–H groups in total. The number of halogens is 1. The molecule has 1 aromatic heterocycles. The molecular formula is C22H26ClN3O2S. The highest BCUT2D eigenvalue weighted by atomic mass is 35.5. The summed E-state index contributed by atoms with van der Waals surface area (Å²) in [6.07, 6.45) is 6.67. The number of amides is 2. The molecule has 2 unspecified atom stereocenters. The summed E-state index contributed by atoms with van der Waals surface area (Å²) in [5.74, 6) is -0.109. The Morgan fingerprint density at radius 1 is 1.07 bits per heavy atom. The fraction of sp³-hybridized carbons (Fsp3) is 0.455. The molecule has 154 valence electrons. The summed E-state index contributed by atoms with van der Waals surface area (Å²) in [4.78, 5) is 27.9. The van der Waals surface area contributed by atoms with Crippen LogP contribution in [0.15, 0.2) is 29.6 Å². The van der Waals surface area contributed by atoms with E-state index in [0.717, 1.165) is 45.2 Å². The average molecular weight is 432 g/mol. The van der Waals surface area contributed by atoms with Crippen LogP contribution >= 0.6 is 23.7 Å². The largest absolute Gasteiger partial charge is 0.337 e. The van der Waals surface area contributed by atoms with Crippen LogP contribution in [-0.2, 0) is 12.8 Å². The summed E-state index contributed by atoms with van der Waals surface area (Å²) in [5, 5.41) is 9.13. The third-order valence-corrected chi connectivity index (χ3v) is 7.12. The van der Waals surface area contributed by atoms with Crippen LogP contribution in [0, 0.1) is 0 Å². The second-order valence-electron chi connectivity index (χ2n) is 8.13. The van der Waals surface area contributed by atoms with Crippen molar-refractivity contribution < 1.29 is 9.59 Å². The van der Waals surface area contributed by atoms with Crippen molar-refractivity contribution in [1.29, 1.82) is 0 Å². The Morgan fingerprint density at radius 3 is 2.79 bits per heavy atom.